The number of nitrogens with zero attached hydrogens (tertiary/aromatic N) is 4. The fraction of sp³-hybridized carbons (Fsp3) is 0.364. The third-order valence-corrected chi connectivity index (χ3v) is 4.62. The van der Waals surface area contributed by atoms with Gasteiger partial charge in [-0.15, -0.1) is 5.10 Å². The standard InChI is InChI=1S/C22H28N4/c1-4-15-25(16-5-2)22-21(17-19-12-10-9-11-18(19)3)23-24-26(22)20-13-7-6-8-14-20/h6-14H,4-5,15-17H2,1-3H3. The lowest BCUT2D eigenvalue weighted by atomic mass is 10.0. The van der Waals surface area contributed by atoms with Crippen LogP contribution < -0.4 is 4.90 Å². The first-order chi connectivity index (χ1) is 12.7. The van der Waals surface area contributed by atoms with Gasteiger partial charge in [0.15, 0.2) is 5.82 Å². The van der Waals surface area contributed by atoms with Crippen molar-refractivity contribution in [2.75, 3.05) is 18.0 Å². The van der Waals surface area contributed by atoms with Crippen molar-refractivity contribution in [1.29, 1.82) is 0 Å². The SMILES string of the molecule is CCCN(CCC)c1c(Cc2ccccc2C)nnn1-c1ccccc1. The van der Waals surface area contributed by atoms with E-state index in [1.807, 2.05) is 22.9 Å². The highest BCUT2D eigenvalue weighted by atomic mass is 15.5. The van der Waals surface area contributed by atoms with Gasteiger partial charge in [-0.05, 0) is 43.0 Å². The summed E-state index contributed by atoms with van der Waals surface area (Å²) in [5, 5.41) is 9.11. The second-order valence-corrected chi connectivity index (χ2v) is 6.70. The van der Waals surface area contributed by atoms with Crippen molar-refractivity contribution in [3.05, 3.63) is 71.4 Å². The summed E-state index contributed by atoms with van der Waals surface area (Å²) in [5.74, 6) is 1.13. The summed E-state index contributed by atoms with van der Waals surface area (Å²) in [6, 6.07) is 18.8. The lowest BCUT2D eigenvalue weighted by molar-refractivity contribution is 0.704. The van der Waals surface area contributed by atoms with E-state index < -0.39 is 0 Å². The molecule has 0 spiro atoms. The molecule has 136 valence electrons. The first-order valence-electron chi connectivity index (χ1n) is 9.54. The highest BCUT2D eigenvalue weighted by Crippen LogP contribution is 2.26. The molecule has 0 radical (unpaired) electrons. The minimum atomic E-state index is 0.804. The number of benzene rings is 2. The molecule has 0 saturated heterocycles. The van der Waals surface area contributed by atoms with E-state index in [0.29, 0.717) is 0 Å². The minimum Gasteiger partial charge on any atom is -0.355 e. The van der Waals surface area contributed by atoms with Crippen molar-refractivity contribution in [2.45, 2.75) is 40.0 Å². The third kappa shape index (κ3) is 3.96. The molecule has 3 rings (SSSR count). The van der Waals surface area contributed by atoms with E-state index in [1.54, 1.807) is 0 Å². The molecule has 0 aliphatic heterocycles. The van der Waals surface area contributed by atoms with Gasteiger partial charge in [0.05, 0.1) is 5.69 Å². The Morgan fingerprint density at radius 2 is 1.54 bits per heavy atom. The lowest BCUT2D eigenvalue weighted by Gasteiger charge is -2.25. The predicted molar refractivity (Wildman–Crippen MR) is 108 cm³/mol. The number of para-hydroxylation sites is 1. The molecule has 1 aromatic heterocycles. The maximum Gasteiger partial charge on any atom is 0.156 e. The Balaban J connectivity index is 2.06. The van der Waals surface area contributed by atoms with E-state index in [-0.39, 0.29) is 0 Å². The maximum atomic E-state index is 4.59. The van der Waals surface area contributed by atoms with Crippen LogP contribution >= 0.6 is 0 Å². The fourth-order valence-electron chi connectivity index (χ4n) is 3.33. The van der Waals surface area contributed by atoms with Crippen LogP contribution in [0.5, 0.6) is 0 Å². The van der Waals surface area contributed by atoms with Gasteiger partial charge in [-0.25, -0.2) is 0 Å². The smallest absolute Gasteiger partial charge is 0.156 e. The molecule has 0 atom stereocenters. The number of hydrogen-bond acceptors (Lipinski definition) is 3. The Hall–Kier alpha value is -2.62. The summed E-state index contributed by atoms with van der Waals surface area (Å²) in [6.45, 7) is 8.62. The van der Waals surface area contributed by atoms with Gasteiger partial charge in [-0.1, -0.05) is 61.5 Å². The van der Waals surface area contributed by atoms with E-state index in [4.69, 9.17) is 0 Å². The van der Waals surface area contributed by atoms with Crippen molar-refractivity contribution in [3.63, 3.8) is 0 Å². The van der Waals surface area contributed by atoms with Gasteiger partial charge < -0.3 is 4.90 Å². The molecule has 4 heteroatoms. The maximum absolute atomic E-state index is 4.59. The van der Waals surface area contributed by atoms with Crippen LogP contribution in [-0.2, 0) is 6.42 Å². The monoisotopic (exact) mass is 348 g/mol. The zero-order valence-electron chi connectivity index (χ0n) is 16.0. The summed E-state index contributed by atoms with van der Waals surface area (Å²) >= 11 is 0. The second-order valence-electron chi connectivity index (χ2n) is 6.70. The number of aryl methyl sites for hydroxylation is 1. The van der Waals surface area contributed by atoms with Gasteiger partial charge in [0.25, 0.3) is 0 Å². The molecule has 0 aliphatic carbocycles. The summed E-state index contributed by atoms with van der Waals surface area (Å²) in [4.78, 5) is 2.43. The number of hydrogen-bond donors (Lipinski definition) is 0. The van der Waals surface area contributed by atoms with E-state index >= 15 is 0 Å². The molecular weight excluding hydrogens is 320 g/mol. The van der Waals surface area contributed by atoms with Gasteiger partial charge in [0.1, 0.15) is 5.69 Å². The molecule has 0 saturated carbocycles. The van der Waals surface area contributed by atoms with Crippen molar-refractivity contribution < 1.29 is 0 Å². The first kappa shape index (κ1) is 18.2. The summed E-state index contributed by atoms with van der Waals surface area (Å²) in [6.07, 6.45) is 3.01. The summed E-state index contributed by atoms with van der Waals surface area (Å²) in [7, 11) is 0. The van der Waals surface area contributed by atoms with Crippen LogP contribution in [-0.4, -0.2) is 28.1 Å². The van der Waals surface area contributed by atoms with Crippen molar-refractivity contribution in [1.82, 2.24) is 15.0 Å². The van der Waals surface area contributed by atoms with Gasteiger partial charge in [0, 0.05) is 19.5 Å². The molecule has 1 heterocycles. The Labute approximate surface area is 156 Å². The first-order valence-corrected chi connectivity index (χ1v) is 9.54. The van der Waals surface area contributed by atoms with Crippen LogP contribution in [0.1, 0.15) is 43.5 Å². The zero-order chi connectivity index (χ0) is 18.4. The summed E-state index contributed by atoms with van der Waals surface area (Å²) < 4.78 is 2.00. The highest BCUT2D eigenvalue weighted by Gasteiger charge is 2.20. The number of anilines is 1. The Morgan fingerprint density at radius 3 is 2.19 bits per heavy atom. The summed E-state index contributed by atoms with van der Waals surface area (Å²) in [5.41, 5.74) is 4.71. The molecule has 4 nitrogen and oxygen atoms in total. The van der Waals surface area contributed by atoms with Crippen LogP contribution in [0.15, 0.2) is 54.6 Å². The molecule has 26 heavy (non-hydrogen) atoms. The van der Waals surface area contributed by atoms with E-state index in [1.165, 1.54) is 11.1 Å². The van der Waals surface area contributed by atoms with Crippen LogP contribution in [0, 0.1) is 6.92 Å². The topological polar surface area (TPSA) is 34.0 Å². The molecule has 2 aromatic carbocycles. The van der Waals surface area contributed by atoms with Crippen molar-refractivity contribution in [3.8, 4) is 5.69 Å². The molecule has 0 N–H and O–H groups in total. The van der Waals surface area contributed by atoms with Crippen molar-refractivity contribution >= 4 is 5.82 Å². The van der Waals surface area contributed by atoms with E-state index in [0.717, 1.165) is 49.6 Å². The molecule has 0 unspecified atom stereocenters. The van der Waals surface area contributed by atoms with E-state index in [2.05, 4.69) is 72.4 Å². The van der Waals surface area contributed by atoms with Gasteiger partial charge in [-0.3, -0.25) is 0 Å². The average molecular weight is 348 g/mol. The van der Waals surface area contributed by atoms with Gasteiger partial charge in [0.2, 0.25) is 0 Å². The van der Waals surface area contributed by atoms with Crippen LogP contribution in [0.25, 0.3) is 5.69 Å². The number of rotatable bonds is 8. The molecule has 0 fully saturated rings. The fourth-order valence-corrected chi connectivity index (χ4v) is 3.33. The normalized spacial score (nSPS) is 10.9. The lowest BCUT2D eigenvalue weighted by Crippen LogP contribution is -2.28. The predicted octanol–water partition coefficient (Wildman–Crippen LogP) is 4.79. The van der Waals surface area contributed by atoms with Gasteiger partial charge in [-0.2, -0.15) is 4.68 Å². The molecule has 0 aliphatic rings. The number of aromatic nitrogens is 3. The van der Waals surface area contributed by atoms with Crippen molar-refractivity contribution in [2.24, 2.45) is 0 Å². The Bertz CT molecular complexity index is 817. The molecule has 0 amide bonds. The quantitative estimate of drug-likeness (QED) is 0.587. The molecule has 3 aromatic rings. The van der Waals surface area contributed by atoms with Crippen LogP contribution in [0.4, 0.5) is 5.82 Å². The van der Waals surface area contributed by atoms with Crippen LogP contribution in [0.2, 0.25) is 0 Å². The zero-order valence-corrected chi connectivity index (χ0v) is 16.0. The van der Waals surface area contributed by atoms with Crippen LogP contribution in [0.3, 0.4) is 0 Å². The minimum absolute atomic E-state index is 0.804. The largest absolute Gasteiger partial charge is 0.355 e. The molecule has 0 bridgehead atoms. The Kier molecular flexibility index (Phi) is 6.05. The molecular formula is C22H28N4. The van der Waals surface area contributed by atoms with E-state index in [9.17, 15) is 0 Å². The average Bonchev–Trinajstić information content (AvgIpc) is 3.07. The Morgan fingerprint density at radius 1 is 0.885 bits per heavy atom. The highest BCUT2D eigenvalue weighted by molar-refractivity contribution is 5.52. The third-order valence-electron chi connectivity index (χ3n) is 4.62. The van der Waals surface area contributed by atoms with Gasteiger partial charge >= 0.3 is 0 Å². The second kappa shape index (κ2) is 8.65.